The number of aliphatic hydroxyl groups is 1. The number of carboxylic acid groups (broad SMARTS) is 1. The van der Waals surface area contributed by atoms with Gasteiger partial charge in [-0.15, -0.1) is 11.3 Å². The number of fused-ring (bicyclic) bond motifs is 1. The summed E-state index contributed by atoms with van der Waals surface area (Å²) in [6.45, 7) is 3.83. The predicted octanol–water partition coefficient (Wildman–Crippen LogP) is 6.11. The Morgan fingerprint density at radius 3 is 2.50 bits per heavy atom. The van der Waals surface area contributed by atoms with E-state index >= 15 is 0 Å². The molecule has 0 aliphatic carbocycles. The van der Waals surface area contributed by atoms with Crippen molar-refractivity contribution in [2.24, 2.45) is 5.41 Å². The molecular formula is C35H37ClN2O7S. The molecule has 9 nitrogen and oxygen atoms in total. The highest BCUT2D eigenvalue weighted by molar-refractivity contribution is 7.11. The average molecular weight is 665 g/mol. The zero-order chi connectivity index (χ0) is 33.0. The van der Waals surface area contributed by atoms with Crippen LogP contribution in [-0.4, -0.2) is 60.5 Å². The summed E-state index contributed by atoms with van der Waals surface area (Å²) in [5.74, 6) is -0.309. The molecule has 0 unspecified atom stereocenters. The summed E-state index contributed by atoms with van der Waals surface area (Å²) in [5, 5.41) is 20.9. The number of carboxylic acids is 1. The Morgan fingerprint density at radius 2 is 1.83 bits per heavy atom. The fourth-order valence-electron chi connectivity index (χ4n) is 5.59. The molecule has 0 spiro atoms. The first-order valence-electron chi connectivity index (χ1n) is 14.8. The molecule has 1 aliphatic rings. The third kappa shape index (κ3) is 7.36. The van der Waals surface area contributed by atoms with Gasteiger partial charge in [-0.3, -0.25) is 9.59 Å². The Balaban J connectivity index is 1.62. The Morgan fingerprint density at radius 1 is 1.07 bits per heavy atom. The van der Waals surface area contributed by atoms with Gasteiger partial charge in [-0.05, 0) is 29.8 Å². The van der Waals surface area contributed by atoms with Gasteiger partial charge < -0.3 is 29.3 Å². The summed E-state index contributed by atoms with van der Waals surface area (Å²) in [6, 6.07) is 20.5. The van der Waals surface area contributed by atoms with Gasteiger partial charge in [0.25, 0.3) is 5.91 Å². The number of benzene rings is 3. The molecule has 2 atom stereocenters. The number of aromatic nitrogens is 1. The van der Waals surface area contributed by atoms with Crippen LogP contribution in [0.25, 0.3) is 0 Å². The molecule has 0 saturated carbocycles. The highest BCUT2D eigenvalue weighted by Crippen LogP contribution is 2.45. The number of aliphatic carboxylic acids is 1. The van der Waals surface area contributed by atoms with E-state index in [4.69, 9.17) is 30.8 Å². The number of thiazole rings is 1. The minimum atomic E-state index is -1.02. The Kier molecular flexibility index (Phi) is 10.3. The topological polar surface area (TPSA) is 118 Å². The fourth-order valence-corrected chi connectivity index (χ4v) is 6.88. The summed E-state index contributed by atoms with van der Waals surface area (Å²) in [5.41, 5.74) is 2.92. The standard InChI is InChI=1S/C35H37ClN2O7S/c1-35(2,20-39)19-38-26-14-13-22(36)16-24(26)32(23-11-8-12-27(43-3)33(23)44-4)45-28(34(38)42)17-30-37-25(29(46-30)18-31(40)41)15-21-9-6-5-7-10-21/h5-14,16,28,32,39H,15,17-20H2,1-4H3,(H,40,41)/t28-,32-/m1/s1. The maximum atomic E-state index is 14.5. The summed E-state index contributed by atoms with van der Waals surface area (Å²) < 4.78 is 18.1. The van der Waals surface area contributed by atoms with Gasteiger partial charge in [0.15, 0.2) is 11.5 Å². The molecular weight excluding hydrogens is 628 g/mol. The number of aliphatic hydroxyl groups excluding tert-OH is 1. The lowest BCUT2D eigenvalue weighted by Gasteiger charge is -2.32. The van der Waals surface area contributed by atoms with Crippen LogP contribution in [0.5, 0.6) is 11.5 Å². The smallest absolute Gasteiger partial charge is 0.308 e. The SMILES string of the molecule is COc1cccc([C@H]2O[C@H](Cc3nc(Cc4ccccc4)c(CC(=O)O)s3)C(=O)N(CC(C)(C)CO)c3ccc(Cl)cc32)c1OC. The minimum absolute atomic E-state index is 0.103. The zero-order valence-electron chi connectivity index (χ0n) is 26.2. The van der Waals surface area contributed by atoms with Gasteiger partial charge >= 0.3 is 5.97 Å². The van der Waals surface area contributed by atoms with E-state index in [-0.39, 0.29) is 31.9 Å². The van der Waals surface area contributed by atoms with E-state index in [9.17, 15) is 19.8 Å². The maximum absolute atomic E-state index is 14.5. The largest absolute Gasteiger partial charge is 0.493 e. The van der Waals surface area contributed by atoms with Crippen molar-refractivity contribution in [1.29, 1.82) is 0 Å². The second-order valence-electron chi connectivity index (χ2n) is 12.0. The number of rotatable bonds is 12. The average Bonchev–Trinajstić information content (AvgIpc) is 3.36. The summed E-state index contributed by atoms with van der Waals surface area (Å²) in [7, 11) is 3.10. The van der Waals surface area contributed by atoms with Gasteiger partial charge in [0.2, 0.25) is 0 Å². The molecule has 2 N–H and O–H groups in total. The van der Waals surface area contributed by atoms with Gasteiger partial charge in [-0.2, -0.15) is 0 Å². The molecule has 4 aromatic rings. The van der Waals surface area contributed by atoms with E-state index in [1.807, 2.05) is 56.3 Å². The summed E-state index contributed by atoms with van der Waals surface area (Å²) in [6.07, 6.45) is -1.42. The number of hydrogen-bond acceptors (Lipinski definition) is 8. The number of amides is 1. The minimum Gasteiger partial charge on any atom is -0.493 e. The Labute approximate surface area is 277 Å². The number of carbonyl (C=O) groups is 2. The molecule has 0 saturated heterocycles. The highest BCUT2D eigenvalue weighted by Gasteiger charge is 2.40. The van der Waals surface area contributed by atoms with Crippen molar-refractivity contribution < 1.29 is 34.0 Å². The molecule has 5 rings (SSSR count). The van der Waals surface area contributed by atoms with Crippen molar-refractivity contribution in [3.05, 3.63) is 104 Å². The molecule has 0 bridgehead atoms. The van der Waals surface area contributed by atoms with E-state index in [1.54, 1.807) is 43.4 Å². The lowest BCUT2D eigenvalue weighted by molar-refractivity contribution is -0.136. The van der Waals surface area contributed by atoms with Crippen LogP contribution in [0, 0.1) is 5.41 Å². The molecule has 1 aromatic heterocycles. The van der Waals surface area contributed by atoms with Crippen LogP contribution in [0.3, 0.4) is 0 Å². The van der Waals surface area contributed by atoms with Gasteiger partial charge in [0.1, 0.15) is 12.2 Å². The van der Waals surface area contributed by atoms with E-state index in [0.717, 1.165) is 5.56 Å². The van der Waals surface area contributed by atoms with Crippen molar-refractivity contribution in [3.8, 4) is 11.5 Å². The lowest BCUT2D eigenvalue weighted by atomic mass is 9.92. The first kappa shape index (κ1) is 33.4. The van der Waals surface area contributed by atoms with Crippen LogP contribution in [0.4, 0.5) is 5.69 Å². The molecule has 242 valence electrons. The van der Waals surface area contributed by atoms with Crippen molar-refractivity contribution >= 4 is 40.5 Å². The van der Waals surface area contributed by atoms with Crippen molar-refractivity contribution in [1.82, 2.24) is 4.98 Å². The number of methoxy groups -OCH3 is 2. The van der Waals surface area contributed by atoms with Gasteiger partial charge in [-0.1, -0.05) is 67.9 Å². The van der Waals surface area contributed by atoms with E-state index in [1.165, 1.54) is 11.3 Å². The lowest BCUT2D eigenvalue weighted by Crippen LogP contribution is -2.45. The number of nitrogens with zero attached hydrogens (tertiary/aromatic N) is 2. The molecule has 3 aromatic carbocycles. The quantitative estimate of drug-likeness (QED) is 0.186. The predicted molar refractivity (Wildman–Crippen MR) is 177 cm³/mol. The molecule has 1 amide bonds. The van der Waals surface area contributed by atoms with Crippen molar-refractivity contribution in [3.63, 3.8) is 0 Å². The molecule has 11 heteroatoms. The van der Waals surface area contributed by atoms with Gasteiger partial charge in [-0.25, -0.2) is 4.98 Å². The second kappa shape index (κ2) is 14.2. The highest BCUT2D eigenvalue weighted by atomic mass is 35.5. The number of anilines is 1. The number of halogens is 1. The molecule has 46 heavy (non-hydrogen) atoms. The van der Waals surface area contributed by atoms with E-state index < -0.39 is 23.6 Å². The van der Waals surface area contributed by atoms with Crippen LogP contribution < -0.4 is 14.4 Å². The number of para-hydroxylation sites is 1. The second-order valence-corrected chi connectivity index (χ2v) is 13.6. The Hall–Kier alpha value is -3.96. The van der Waals surface area contributed by atoms with E-state index in [0.29, 0.717) is 55.3 Å². The first-order chi connectivity index (χ1) is 22.0. The zero-order valence-corrected chi connectivity index (χ0v) is 27.7. The third-order valence-corrected chi connectivity index (χ3v) is 9.20. The van der Waals surface area contributed by atoms with Crippen LogP contribution in [0.2, 0.25) is 5.02 Å². The normalized spacial score (nSPS) is 16.6. The van der Waals surface area contributed by atoms with Crippen LogP contribution in [0.1, 0.15) is 52.2 Å². The van der Waals surface area contributed by atoms with Gasteiger partial charge in [0.05, 0.1) is 31.3 Å². The first-order valence-corrected chi connectivity index (χ1v) is 16.0. The number of carbonyl (C=O) groups excluding carboxylic acids is 1. The van der Waals surface area contributed by atoms with Crippen LogP contribution in [-0.2, 0) is 33.6 Å². The number of hydrogen-bond donors (Lipinski definition) is 2. The molecule has 0 radical (unpaired) electrons. The number of ether oxygens (including phenoxy) is 3. The van der Waals surface area contributed by atoms with Crippen molar-refractivity contribution in [2.75, 3.05) is 32.3 Å². The monoisotopic (exact) mass is 664 g/mol. The third-order valence-electron chi connectivity index (χ3n) is 7.84. The van der Waals surface area contributed by atoms with Crippen LogP contribution >= 0.6 is 22.9 Å². The summed E-state index contributed by atoms with van der Waals surface area (Å²) in [4.78, 5) is 33.4. The van der Waals surface area contributed by atoms with Crippen LogP contribution in [0.15, 0.2) is 66.7 Å². The fraction of sp³-hybridized carbons (Fsp3) is 0.343. The molecule has 2 heterocycles. The van der Waals surface area contributed by atoms with Gasteiger partial charge in [0, 0.05) is 58.1 Å². The van der Waals surface area contributed by atoms with E-state index in [2.05, 4.69) is 0 Å². The van der Waals surface area contributed by atoms with Crippen molar-refractivity contribution in [2.45, 2.75) is 45.3 Å². The summed E-state index contributed by atoms with van der Waals surface area (Å²) >= 11 is 7.82. The maximum Gasteiger partial charge on any atom is 0.308 e. The Bertz CT molecular complexity index is 1710. The molecule has 0 fully saturated rings. The molecule has 1 aliphatic heterocycles.